The summed E-state index contributed by atoms with van der Waals surface area (Å²) in [7, 11) is -3.89. The third-order valence-corrected chi connectivity index (χ3v) is 8.21. The molecular formula is C25H36N2O4S. The number of aromatic carboxylic acids is 1. The fraction of sp³-hybridized carbons (Fsp3) is 0.560. The molecule has 0 radical (unpaired) electrons. The Labute approximate surface area is 192 Å². The summed E-state index contributed by atoms with van der Waals surface area (Å²) in [5, 5.41) is 9.77. The van der Waals surface area contributed by atoms with Crippen LogP contribution in [0.4, 0.5) is 0 Å². The van der Waals surface area contributed by atoms with Gasteiger partial charge in [-0.2, -0.15) is 12.7 Å². The van der Waals surface area contributed by atoms with E-state index in [2.05, 4.69) is 47.6 Å². The van der Waals surface area contributed by atoms with Crippen molar-refractivity contribution in [3.63, 3.8) is 0 Å². The SMILES string of the molecule is Cc1c(C(=O)O)cc(-c2cc(C(C)(C)C)cc(C(C)(C)C)c2)n1S(=O)(=O)N1CCCCC1. The number of hydrogen-bond acceptors (Lipinski definition) is 3. The summed E-state index contributed by atoms with van der Waals surface area (Å²) in [6, 6.07) is 7.67. The minimum absolute atomic E-state index is 0.0130. The number of carboxylic acids is 1. The van der Waals surface area contributed by atoms with Crippen LogP contribution in [0.1, 0.15) is 88.0 Å². The Bertz CT molecular complexity index is 1090. The highest BCUT2D eigenvalue weighted by molar-refractivity contribution is 7.87. The number of carboxylic acid groups (broad SMARTS) is 1. The van der Waals surface area contributed by atoms with Gasteiger partial charge in [0.2, 0.25) is 0 Å². The average Bonchev–Trinajstić information content (AvgIpc) is 3.05. The van der Waals surface area contributed by atoms with Crippen LogP contribution in [0.5, 0.6) is 0 Å². The second-order valence-corrected chi connectivity index (χ2v) is 12.6. The van der Waals surface area contributed by atoms with Crippen molar-refractivity contribution in [3.05, 3.63) is 46.6 Å². The monoisotopic (exact) mass is 460 g/mol. The molecule has 1 aromatic heterocycles. The largest absolute Gasteiger partial charge is 0.478 e. The van der Waals surface area contributed by atoms with Gasteiger partial charge in [-0.15, -0.1) is 0 Å². The van der Waals surface area contributed by atoms with Gasteiger partial charge >= 0.3 is 16.2 Å². The summed E-state index contributed by atoms with van der Waals surface area (Å²) in [5.74, 6) is -1.13. The van der Waals surface area contributed by atoms with E-state index in [1.807, 2.05) is 12.1 Å². The van der Waals surface area contributed by atoms with Crippen LogP contribution in [0.25, 0.3) is 11.3 Å². The topological polar surface area (TPSA) is 79.6 Å². The van der Waals surface area contributed by atoms with Gasteiger partial charge in [0.15, 0.2) is 0 Å². The van der Waals surface area contributed by atoms with Crippen molar-refractivity contribution < 1.29 is 18.3 Å². The van der Waals surface area contributed by atoms with Gasteiger partial charge in [-0.1, -0.05) is 54.0 Å². The minimum atomic E-state index is -3.89. The maximum absolute atomic E-state index is 13.7. The van der Waals surface area contributed by atoms with Crippen molar-refractivity contribution in [2.75, 3.05) is 13.1 Å². The lowest BCUT2D eigenvalue weighted by Crippen LogP contribution is -2.40. The van der Waals surface area contributed by atoms with E-state index >= 15 is 0 Å². The molecule has 1 fully saturated rings. The van der Waals surface area contributed by atoms with E-state index in [4.69, 9.17) is 0 Å². The Hall–Kier alpha value is -2.12. The first-order valence-electron chi connectivity index (χ1n) is 11.3. The summed E-state index contributed by atoms with van der Waals surface area (Å²) in [6.45, 7) is 15.2. The zero-order valence-electron chi connectivity index (χ0n) is 20.3. The normalized spacial score (nSPS) is 16.3. The second-order valence-electron chi connectivity index (χ2n) is 10.9. The van der Waals surface area contributed by atoms with Gasteiger partial charge in [0.25, 0.3) is 0 Å². The Morgan fingerprint density at radius 3 is 1.81 bits per heavy atom. The summed E-state index contributed by atoms with van der Waals surface area (Å²) in [5.41, 5.74) is 3.24. The lowest BCUT2D eigenvalue weighted by atomic mass is 9.79. The first-order valence-corrected chi connectivity index (χ1v) is 12.7. The van der Waals surface area contributed by atoms with E-state index < -0.39 is 16.2 Å². The van der Waals surface area contributed by atoms with E-state index in [0.29, 0.717) is 18.8 Å². The van der Waals surface area contributed by atoms with E-state index in [-0.39, 0.29) is 22.1 Å². The fourth-order valence-electron chi connectivity index (χ4n) is 4.16. The van der Waals surface area contributed by atoms with Crippen molar-refractivity contribution in [2.24, 2.45) is 0 Å². The van der Waals surface area contributed by atoms with Crippen molar-refractivity contribution in [2.45, 2.75) is 78.6 Å². The van der Waals surface area contributed by atoms with Crippen LogP contribution in [-0.4, -0.2) is 40.9 Å². The minimum Gasteiger partial charge on any atom is -0.478 e. The zero-order chi connectivity index (χ0) is 24.1. The molecule has 0 aliphatic carbocycles. The zero-order valence-corrected chi connectivity index (χ0v) is 21.1. The third kappa shape index (κ3) is 4.64. The number of hydrogen-bond donors (Lipinski definition) is 1. The summed E-state index contributed by atoms with van der Waals surface area (Å²) in [4.78, 5) is 12.0. The quantitative estimate of drug-likeness (QED) is 0.668. The first-order chi connectivity index (χ1) is 14.6. The number of aromatic nitrogens is 1. The highest BCUT2D eigenvalue weighted by Crippen LogP contribution is 2.36. The molecule has 0 unspecified atom stereocenters. The number of piperidine rings is 1. The molecule has 176 valence electrons. The molecule has 0 bridgehead atoms. The Morgan fingerprint density at radius 2 is 1.38 bits per heavy atom. The number of rotatable bonds is 4. The molecule has 1 aliphatic rings. The molecule has 0 amide bonds. The number of carbonyl (C=O) groups is 1. The summed E-state index contributed by atoms with van der Waals surface area (Å²) >= 11 is 0. The highest BCUT2D eigenvalue weighted by atomic mass is 32.2. The molecule has 6 nitrogen and oxygen atoms in total. The molecule has 1 saturated heterocycles. The van der Waals surface area contributed by atoms with Gasteiger partial charge < -0.3 is 5.11 Å². The average molecular weight is 461 g/mol. The van der Waals surface area contributed by atoms with Crippen LogP contribution >= 0.6 is 0 Å². The fourth-order valence-corrected chi connectivity index (χ4v) is 5.96. The molecule has 7 heteroatoms. The molecule has 1 aromatic carbocycles. The maximum atomic E-state index is 13.7. The maximum Gasteiger partial charge on any atom is 0.337 e. The number of benzene rings is 1. The predicted molar refractivity (Wildman–Crippen MR) is 129 cm³/mol. The molecule has 1 N–H and O–H groups in total. The summed E-state index contributed by atoms with van der Waals surface area (Å²) < 4.78 is 30.1. The van der Waals surface area contributed by atoms with E-state index in [0.717, 1.165) is 36.0 Å². The van der Waals surface area contributed by atoms with Crippen LogP contribution in [-0.2, 0) is 21.0 Å². The number of nitrogens with zero attached hydrogens (tertiary/aromatic N) is 2. The van der Waals surface area contributed by atoms with Crippen molar-refractivity contribution in [1.82, 2.24) is 8.28 Å². The van der Waals surface area contributed by atoms with Crippen LogP contribution in [0.15, 0.2) is 24.3 Å². The molecule has 2 heterocycles. The standard InChI is InChI=1S/C25H36N2O4S/c1-17-21(23(28)29)16-22(27(17)32(30,31)26-11-9-8-10-12-26)18-13-19(24(2,3)4)15-20(14-18)25(5,6)7/h13-16H,8-12H2,1-7H3,(H,28,29). The Balaban J connectivity index is 2.33. The van der Waals surface area contributed by atoms with Gasteiger partial charge in [-0.3, -0.25) is 0 Å². The van der Waals surface area contributed by atoms with Crippen LogP contribution in [0, 0.1) is 6.92 Å². The van der Waals surface area contributed by atoms with Gasteiger partial charge in [0.1, 0.15) is 0 Å². The molecule has 32 heavy (non-hydrogen) atoms. The van der Waals surface area contributed by atoms with Gasteiger partial charge in [-0.05, 0) is 65.5 Å². The van der Waals surface area contributed by atoms with E-state index in [1.165, 1.54) is 14.3 Å². The first kappa shape index (κ1) is 24.5. The van der Waals surface area contributed by atoms with Crippen molar-refractivity contribution >= 4 is 16.2 Å². The van der Waals surface area contributed by atoms with Crippen LogP contribution < -0.4 is 0 Å². The van der Waals surface area contributed by atoms with Gasteiger partial charge in [0, 0.05) is 18.8 Å². The molecule has 1 aliphatic heterocycles. The van der Waals surface area contributed by atoms with Crippen LogP contribution in [0.3, 0.4) is 0 Å². The second kappa shape index (κ2) is 8.34. The molecular weight excluding hydrogens is 424 g/mol. The third-order valence-electron chi connectivity index (χ3n) is 6.26. The Morgan fingerprint density at radius 1 is 0.875 bits per heavy atom. The summed E-state index contributed by atoms with van der Waals surface area (Å²) in [6.07, 6.45) is 2.63. The van der Waals surface area contributed by atoms with Crippen molar-refractivity contribution in [3.8, 4) is 11.3 Å². The lowest BCUT2D eigenvalue weighted by Gasteiger charge is -2.29. The Kier molecular flexibility index (Phi) is 6.39. The molecule has 0 saturated carbocycles. The lowest BCUT2D eigenvalue weighted by molar-refractivity contribution is 0.0696. The van der Waals surface area contributed by atoms with Gasteiger partial charge in [0.05, 0.1) is 11.3 Å². The van der Waals surface area contributed by atoms with Crippen molar-refractivity contribution in [1.29, 1.82) is 0 Å². The predicted octanol–water partition coefficient (Wildman–Crippen LogP) is 5.34. The van der Waals surface area contributed by atoms with E-state index in [9.17, 15) is 18.3 Å². The van der Waals surface area contributed by atoms with Gasteiger partial charge in [-0.25, -0.2) is 8.77 Å². The van der Waals surface area contributed by atoms with Crippen LogP contribution in [0.2, 0.25) is 0 Å². The highest BCUT2D eigenvalue weighted by Gasteiger charge is 2.32. The molecule has 3 rings (SSSR count). The smallest absolute Gasteiger partial charge is 0.337 e. The molecule has 2 aromatic rings. The molecule has 0 atom stereocenters. The molecule has 0 spiro atoms. The van der Waals surface area contributed by atoms with E-state index in [1.54, 1.807) is 6.92 Å².